The number of rotatable bonds is 4. The molecule has 2 heterocycles. The van der Waals surface area contributed by atoms with E-state index in [0.717, 1.165) is 17.7 Å². The van der Waals surface area contributed by atoms with Crippen LogP contribution in [-0.2, 0) is 4.79 Å². The second kappa shape index (κ2) is 5.95. The number of nitrogens with zero attached hydrogens (tertiary/aromatic N) is 2. The molecule has 1 saturated heterocycles. The van der Waals surface area contributed by atoms with Crippen LogP contribution in [0.15, 0.2) is 17.1 Å². The maximum atomic E-state index is 12.1. The monoisotopic (exact) mass is 291 g/mol. The van der Waals surface area contributed by atoms with Gasteiger partial charge in [0.05, 0.1) is 5.56 Å². The van der Waals surface area contributed by atoms with Crippen LogP contribution < -0.4 is 5.32 Å². The summed E-state index contributed by atoms with van der Waals surface area (Å²) in [7, 11) is 0. The van der Waals surface area contributed by atoms with Crippen LogP contribution in [0.5, 0.6) is 0 Å². The van der Waals surface area contributed by atoms with E-state index in [2.05, 4.69) is 18.3 Å². The van der Waals surface area contributed by atoms with Crippen molar-refractivity contribution >= 4 is 40.7 Å². The first-order valence-electron chi connectivity index (χ1n) is 5.99. The Balaban J connectivity index is 2.16. The SMILES string of the molecule is CCCCN1C(=O)/C(=C/c2cc(C#N)cs2)NC1=S. The van der Waals surface area contributed by atoms with Crippen molar-refractivity contribution in [3.63, 3.8) is 0 Å². The van der Waals surface area contributed by atoms with Gasteiger partial charge >= 0.3 is 0 Å². The Kier molecular flexibility index (Phi) is 4.30. The van der Waals surface area contributed by atoms with Gasteiger partial charge in [0.2, 0.25) is 0 Å². The zero-order valence-electron chi connectivity index (χ0n) is 10.5. The first-order chi connectivity index (χ1) is 9.15. The van der Waals surface area contributed by atoms with Crippen molar-refractivity contribution in [2.24, 2.45) is 0 Å². The minimum atomic E-state index is -0.0923. The number of nitriles is 1. The topological polar surface area (TPSA) is 56.1 Å². The molecule has 0 radical (unpaired) electrons. The predicted octanol–water partition coefficient (Wildman–Crippen LogP) is 2.48. The highest BCUT2D eigenvalue weighted by Crippen LogP contribution is 2.20. The van der Waals surface area contributed by atoms with E-state index in [1.165, 1.54) is 11.3 Å². The van der Waals surface area contributed by atoms with Crippen molar-refractivity contribution in [2.75, 3.05) is 6.54 Å². The number of hydrogen-bond donors (Lipinski definition) is 1. The van der Waals surface area contributed by atoms with Crippen molar-refractivity contribution in [2.45, 2.75) is 19.8 Å². The summed E-state index contributed by atoms with van der Waals surface area (Å²) in [5, 5.41) is 13.9. The van der Waals surface area contributed by atoms with E-state index in [-0.39, 0.29) is 5.91 Å². The second-order valence-electron chi connectivity index (χ2n) is 4.15. The van der Waals surface area contributed by atoms with E-state index in [1.807, 2.05) is 0 Å². The van der Waals surface area contributed by atoms with Crippen molar-refractivity contribution in [3.8, 4) is 6.07 Å². The van der Waals surface area contributed by atoms with Gasteiger partial charge < -0.3 is 5.32 Å². The van der Waals surface area contributed by atoms with Crippen LogP contribution >= 0.6 is 23.6 Å². The van der Waals surface area contributed by atoms with Gasteiger partial charge in [0.15, 0.2) is 5.11 Å². The lowest BCUT2D eigenvalue weighted by Crippen LogP contribution is -2.31. The summed E-state index contributed by atoms with van der Waals surface area (Å²) in [6.07, 6.45) is 3.69. The molecule has 0 spiro atoms. The van der Waals surface area contributed by atoms with Gasteiger partial charge in [-0.3, -0.25) is 9.69 Å². The van der Waals surface area contributed by atoms with Gasteiger partial charge in [-0.05, 0) is 30.8 Å². The Labute approximate surface area is 121 Å². The third-order valence-electron chi connectivity index (χ3n) is 2.73. The summed E-state index contributed by atoms with van der Waals surface area (Å²) in [6, 6.07) is 3.82. The number of thiophene rings is 1. The molecular formula is C13H13N3OS2. The molecule has 6 heteroatoms. The number of amides is 1. The van der Waals surface area contributed by atoms with E-state index < -0.39 is 0 Å². The molecule has 0 atom stereocenters. The van der Waals surface area contributed by atoms with E-state index >= 15 is 0 Å². The maximum absolute atomic E-state index is 12.1. The molecule has 1 aliphatic rings. The lowest BCUT2D eigenvalue weighted by molar-refractivity contribution is -0.122. The molecule has 19 heavy (non-hydrogen) atoms. The van der Waals surface area contributed by atoms with Crippen LogP contribution in [0.3, 0.4) is 0 Å². The van der Waals surface area contributed by atoms with Crippen LogP contribution in [-0.4, -0.2) is 22.5 Å². The van der Waals surface area contributed by atoms with Gasteiger partial charge in [-0.2, -0.15) is 5.26 Å². The maximum Gasteiger partial charge on any atom is 0.276 e. The Morgan fingerprint density at radius 1 is 1.63 bits per heavy atom. The van der Waals surface area contributed by atoms with E-state index in [0.29, 0.717) is 22.9 Å². The van der Waals surface area contributed by atoms with Gasteiger partial charge in [-0.1, -0.05) is 13.3 Å². The normalized spacial score (nSPS) is 16.8. The highest BCUT2D eigenvalue weighted by molar-refractivity contribution is 7.80. The van der Waals surface area contributed by atoms with Crippen molar-refractivity contribution in [3.05, 3.63) is 27.6 Å². The number of nitrogens with one attached hydrogen (secondary N) is 1. The Hall–Kier alpha value is -1.71. The zero-order valence-corrected chi connectivity index (χ0v) is 12.1. The highest BCUT2D eigenvalue weighted by atomic mass is 32.1. The zero-order chi connectivity index (χ0) is 13.8. The average molecular weight is 291 g/mol. The molecule has 1 aromatic heterocycles. The van der Waals surface area contributed by atoms with E-state index in [9.17, 15) is 4.79 Å². The van der Waals surface area contributed by atoms with Crippen molar-refractivity contribution in [1.29, 1.82) is 5.26 Å². The summed E-state index contributed by atoms with van der Waals surface area (Å²) in [6.45, 7) is 2.72. The molecule has 0 bridgehead atoms. The molecule has 0 aromatic carbocycles. The molecule has 1 aromatic rings. The van der Waals surface area contributed by atoms with Crippen LogP contribution in [0.1, 0.15) is 30.2 Å². The number of hydrogen-bond acceptors (Lipinski definition) is 4. The quantitative estimate of drug-likeness (QED) is 0.684. The third-order valence-corrected chi connectivity index (χ3v) is 3.94. The molecule has 1 aliphatic heterocycles. The first-order valence-corrected chi connectivity index (χ1v) is 7.27. The number of carbonyl (C=O) groups excluding carboxylic acids is 1. The number of carbonyl (C=O) groups is 1. The smallest absolute Gasteiger partial charge is 0.276 e. The highest BCUT2D eigenvalue weighted by Gasteiger charge is 2.29. The van der Waals surface area contributed by atoms with Gasteiger partial charge in [0.25, 0.3) is 5.91 Å². The van der Waals surface area contributed by atoms with E-state index in [1.54, 1.807) is 22.4 Å². The lowest BCUT2D eigenvalue weighted by atomic mass is 10.3. The molecule has 98 valence electrons. The minimum Gasteiger partial charge on any atom is -0.328 e. The van der Waals surface area contributed by atoms with E-state index in [4.69, 9.17) is 17.5 Å². The average Bonchev–Trinajstić information content (AvgIpc) is 2.95. The molecule has 1 amide bonds. The van der Waals surface area contributed by atoms with Gasteiger partial charge in [-0.15, -0.1) is 11.3 Å². The van der Waals surface area contributed by atoms with Crippen LogP contribution in [0.4, 0.5) is 0 Å². The summed E-state index contributed by atoms with van der Waals surface area (Å²) in [5.74, 6) is -0.0923. The summed E-state index contributed by atoms with van der Waals surface area (Å²) >= 11 is 6.59. The summed E-state index contributed by atoms with van der Waals surface area (Å²) in [5.41, 5.74) is 1.08. The molecule has 1 fully saturated rings. The fourth-order valence-corrected chi connectivity index (χ4v) is 2.77. The molecular weight excluding hydrogens is 278 g/mol. The Morgan fingerprint density at radius 3 is 3.05 bits per heavy atom. The Bertz CT molecular complexity index is 583. The first kappa shape index (κ1) is 13.7. The lowest BCUT2D eigenvalue weighted by Gasteiger charge is -2.12. The molecule has 0 saturated carbocycles. The van der Waals surface area contributed by atoms with Crippen molar-refractivity contribution < 1.29 is 4.79 Å². The number of unbranched alkanes of at least 4 members (excludes halogenated alkanes) is 1. The fraction of sp³-hybridized carbons (Fsp3) is 0.308. The number of thiocarbonyl (C=S) groups is 1. The van der Waals surface area contributed by atoms with Crippen LogP contribution in [0.25, 0.3) is 6.08 Å². The van der Waals surface area contributed by atoms with Gasteiger partial charge in [0.1, 0.15) is 11.8 Å². The van der Waals surface area contributed by atoms with Crippen LogP contribution in [0, 0.1) is 11.3 Å². The summed E-state index contributed by atoms with van der Waals surface area (Å²) in [4.78, 5) is 14.6. The predicted molar refractivity (Wildman–Crippen MR) is 79.4 cm³/mol. The molecule has 0 aliphatic carbocycles. The molecule has 0 unspecified atom stereocenters. The fourth-order valence-electron chi connectivity index (χ4n) is 1.72. The van der Waals surface area contributed by atoms with Crippen LogP contribution in [0.2, 0.25) is 0 Å². The molecule has 1 N–H and O–H groups in total. The van der Waals surface area contributed by atoms with Gasteiger partial charge in [-0.25, -0.2) is 0 Å². The largest absolute Gasteiger partial charge is 0.328 e. The third kappa shape index (κ3) is 3.00. The standard InChI is InChI=1S/C13H13N3OS2/c1-2-3-4-16-12(17)11(15-13(16)18)6-10-5-9(7-14)8-19-10/h5-6,8H,2-4H2,1H3,(H,15,18)/b11-6-. The minimum absolute atomic E-state index is 0.0923. The molecule has 4 nitrogen and oxygen atoms in total. The van der Waals surface area contributed by atoms with Gasteiger partial charge in [0, 0.05) is 16.8 Å². The summed E-state index contributed by atoms with van der Waals surface area (Å²) < 4.78 is 0. The molecule has 2 rings (SSSR count). The van der Waals surface area contributed by atoms with Crippen molar-refractivity contribution in [1.82, 2.24) is 10.2 Å². The Morgan fingerprint density at radius 2 is 2.42 bits per heavy atom. The second-order valence-corrected chi connectivity index (χ2v) is 5.48.